The predicted octanol–water partition coefficient (Wildman–Crippen LogP) is 5.67. The summed E-state index contributed by atoms with van der Waals surface area (Å²) in [4.78, 5) is 17.4. The molecule has 5 rings (SSSR count). The third-order valence-electron chi connectivity index (χ3n) is 5.33. The minimum Gasteiger partial charge on any atom is -0.373 e. The number of allylic oxidation sites excluding steroid dienone is 1. The minimum atomic E-state index is -0.0903. The molecular formula is C22H17BrN2O. The number of fused-ring (bicyclic) bond motifs is 4. The Labute approximate surface area is 160 Å². The van der Waals surface area contributed by atoms with Crippen LogP contribution in [0.1, 0.15) is 36.4 Å². The van der Waals surface area contributed by atoms with Gasteiger partial charge in [-0.25, -0.2) is 0 Å². The van der Waals surface area contributed by atoms with E-state index in [9.17, 15) is 4.79 Å². The molecule has 1 atom stereocenters. The van der Waals surface area contributed by atoms with Crippen LogP contribution in [0.4, 0.5) is 5.69 Å². The van der Waals surface area contributed by atoms with E-state index in [1.54, 1.807) is 0 Å². The van der Waals surface area contributed by atoms with E-state index in [0.717, 1.165) is 50.6 Å². The molecule has 0 saturated heterocycles. The van der Waals surface area contributed by atoms with Crippen molar-refractivity contribution in [3.8, 4) is 0 Å². The maximum absolute atomic E-state index is 12.9. The zero-order chi connectivity index (χ0) is 17.7. The molecular weight excluding hydrogens is 388 g/mol. The normalized spacial score (nSPS) is 19.1. The molecule has 26 heavy (non-hydrogen) atoms. The number of benzene rings is 2. The molecule has 3 nitrogen and oxygen atoms in total. The molecule has 2 heterocycles. The average Bonchev–Trinajstić information content (AvgIpc) is 2.68. The lowest BCUT2D eigenvalue weighted by atomic mass is 9.77. The van der Waals surface area contributed by atoms with Crippen LogP contribution in [0, 0.1) is 0 Å². The third kappa shape index (κ3) is 2.40. The number of nitrogens with one attached hydrogen (secondary N) is 1. The van der Waals surface area contributed by atoms with Crippen molar-refractivity contribution in [2.24, 2.45) is 0 Å². The van der Waals surface area contributed by atoms with E-state index in [-0.39, 0.29) is 11.8 Å². The monoisotopic (exact) mass is 404 g/mol. The first kappa shape index (κ1) is 15.8. The van der Waals surface area contributed by atoms with Gasteiger partial charge in [0.05, 0.1) is 11.6 Å². The summed E-state index contributed by atoms with van der Waals surface area (Å²) in [5.74, 6) is 0.262. The molecule has 0 bridgehead atoms. The van der Waals surface area contributed by atoms with Gasteiger partial charge in [0.25, 0.3) is 0 Å². The van der Waals surface area contributed by atoms with Crippen molar-refractivity contribution in [1.29, 1.82) is 0 Å². The van der Waals surface area contributed by atoms with Crippen LogP contribution >= 0.6 is 15.9 Å². The summed E-state index contributed by atoms with van der Waals surface area (Å²) in [6.07, 6.45) is 4.31. The van der Waals surface area contributed by atoms with Crippen molar-refractivity contribution >= 4 is 43.9 Å². The van der Waals surface area contributed by atoms with Gasteiger partial charge in [-0.1, -0.05) is 34.1 Å². The summed E-state index contributed by atoms with van der Waals surface area (Å²) in [5.41, 5.74) is 6.47. The van der Waals surface area contributed by atoms with Crippen molar-refractivity contribution in [3.05, 3.63) is 75.9 Å². The first-order valence-corrected chi connectivity index (χ1v) is 9.68. The molecule has 1 N–H and O–H groups in total. The highest BCUT2D eigenvalue weighted by Crippen LogP contribution is 2.47. The van der Waals surface area contributed by atoms with Crippen LogP contribution in [0.2, 0.25) is 0 Å². The topological polar surface area (TPSA) is 42.0 Å². The first-order chi connectivity index (χ1) is 12.7. The van der Waals surface area contributed by atoms with Crippen LogP contribution in [0.25, 0.3) is 16.5 Å². The number of Topliss-reactive ketones (excluding diaryl/α,β-unsaturated/α-hetero) is 1. The van der Waals surface area contributed by atoms with E-state index >= 15 is 0 Å². The van der Waals surface area contributed by atoms with Gasteiger partial charge in [0, 0.05) is 39.3 Å². The fourth-order valence-corrected chi connectivity index (χ4v) is 4.45. The number of anilines is 1. The first-order valence-electron chi connectivity index (χ1n) is 8.89. The Balaban J connectivity index is 1.78. The number of hydrogen-bond donors (Lipinski definition) is 1. The summed E-state index contributed by atoms with van der Waals surface area (Å²) in [5, 5.41) is 4.75. The molecule has 0 spiro atoms. The summed E-state index contributed by atoms with van der Waals surface area (Å²) in [6, 6.07) is 16.4. The Morgan fingerprint density at radius 3 is 2.73 bits per heavy atom. The van der Waals surface area contributed by atoms with Crippen LogP contribution in [0.3, 0.4) is 0 Å². The molecule has 1 aliphatic heterocycles. The second-order valence-electron chi connectivity index (χ2n) is 6.86. The number of ketones is 1. The minimum absolute atomic E-state index is 0.0903. The van der Waals surface area contributed by atoms with E-state index in [2.05, 4.69) is 56.6 Å². The highest BCUT2D eigenvalue weighted by molar-refractivity contribution is 9.10. The fourth-order valence-electron chi connectivity index (χ4n) is 4.19. The van der Waals surface area contributed by atoms with Crippen LogP contribution in [-0.4, -0.2) is 10.8 Å². The summed E-state index contributed by atoms with van der Waals surface area (Å²) in [6.45, 7) is 0. The van der Waals surface area contributed by atoms with Gasteiger partial charge in [-0.15, -0.1) is 0 Å². The van der Waals surface area contributed by atoms with Gasteiger partial charge in [0.15, 0.2) is 5.78 Å². The van der Waals surface area contributed by atoms with E-state index < -0.39 is 0 Å². The van der Waals surface area contributed by atoms with Crippen LogP contribution in [-0.2, 0) is 4.79 Å². The number of halogens is 1. The Kier molecular flexibility index (Phi) is 3.68. The number of rotatable bonds is 1. The van der Waals surface area contributed by atoms with E-state index in [0.29, 0.717) is 6.42 Å². The third-order valence-corrected chi connectivity index (χ3v) is 5.86. The summed E-state index contributed by atoms with van der Waals surface area (Å²) in [7, 11) is 0. The van der Waals surface area contributed by atoms with Crippen molar-refractivity contribution in [3.63, 3.8) is 0 Å². The lowest BCUT2D eigenvalue weighted by Crippen LogP contribution is -2.27. The number of carbonyl (C=O) groups excluding carboxylic acids is 1. The van der Waals surface area contributed by atoms with Crippen molar-refractivity contribution in [2.75, 3.05) is 5.32 Å². The Morgan fingerprint density at radius 2 is 1.88 bits per heavy atom. The SMILES string of the molecule is O=C1CCCC2=C1C(c1ccc(Br)cc1)Nc1ccc3ncccc3c12. The summed E-state index contributed by atoms with van der Waals surface area (Å²) >= 11 is 3.50. The molecule has 0 saturated carbocycles. The van der Waals surface area contributed by atoms with Gasteiger partial charge in [0.2, 0.25) is 0 Å². The van der Waals surface area contributed by atoms with Gasteiger partial charge in [0.1, 0.15) is 0 Å². The van der Waals surface area contributed by atoms with Gasteiger partial charge < -0.3 is 5.32 Å². The van der Waals surface area contributed by atoms with Crippen molar-refractivity contribution in [1.82, 2.24) is 4.98 Å². The van der Waals surface area contributed by atoms with Gasteiger partial charge in [-0.2, -0.15) is 0 Å². The van der Waals surface area contributed by atoms with E-state index in [1.807, 2.05) is 24.4 Å². The van der Waals surface area contributed by atoms with Gasteiger partial charge in [-0.05, 0) is 54.3 Å². The number of pyridine rings is 1. The lowest BCUT2D eigenvalue weighted by Gasteiger charge is -2.35. The average molecular weight is 405 g/mol. The molecule has 3 aromatic rings. The number of hydrogen-bond acceptors (Lipinski definition) is 3. The highest BCUT2D eigenvalue weighted by Gasteiger charge is 2.34. The zero-order valence-electron chi connectivity index (χ0n) is 14.1. The maximum atomic E-state index is 12.9. The van der Waals surface area contributed by atoms with Crippen molar-refractivity contribution < 1.29 is 4.79 Å². The molecule has 1 unspecified atom stereocenters. The Bertz CT molecular complexity index is 1070. The zero-order valence-corrected chi connectivity index (χ0v) is 15.7. The standard InChI is InChI=1S/C22H17BrN2O/c23-14-8-6-13(7-9-14)22-21-16(3-1-5-19(21)26)20-15-4-2-12-24-17(15)10-11-18(20)25-22/h2,4,6-12,22,25H,1,3,5H2. The molecule has 0 amide bonds. The largest absolute Gasteiger partial charge is 0.373 e. The summed E-state index contributed by atoms with van der Waals surface area (Å²) < 4.78 is 1.04. The number of aromatic nitrogens is 1. The second kappa shape index (κ2) is 6.06. The van der Waals surface area contributed by atoms with Crippen molar-refractivity contribution in [2.45, 2.75) is 25.3 Å². The molecule has 1 aliphatic carbocycles. The molecule has 2 aromatic carbocycles. The second-order valence-corrected chi connectivity index (χ2v) is 7.77. The Hall–Kier alpha value is -2.46. The number of carbonyl (C=O) groups is 1. The van der Waals surface area contributed by atoms with Crippen LogP contribution in [0.5, 0.6) is 0 Å². The fraction of sp³-hybridized carbons (Fsp3) is 0.182. The van der Waals surface area contributed by atoms with Gasteiger partial charge in [-0.3, -0.25) is 9.78 Å². The molecule has 128 valence electrons. The highest BCUT2D eigenvalue weighted by atomic mass is 79.9. The lowest BCUT2D eigenvalue weighted by molar-refractivity contribution is -0.116. The van der Waals surface area contributed by atoms with Crippen LogP contribution < -0.4 is 5.32 Å². The van der Waals surface area contributed by atoms with Crippen LogP contribution in [0.15, 0.2) is 64.8 Å². The van der Waals surface area contributed by atoms with E-state index in [4.69, 9.17) is 0 Å². The molecule has 1 aromatic heterocycles. The van der Waals surface area contributed by atoms with E-state index in [1.165, 1.54) is 5.57 Å². The Morgan fingerprint density at radius 1 is 1.04 bits per heavy atom. The molecule has 4 heteroatoms. The predicted molar refractivity (Wildman–Crippen MR) is 108 cm³/mol. The maximum Gasteiger partial charge on any atom is 0.161 e. The quantitative estimate of drug-likeness (QED) is 0.567. The molecule has 0 fully saturated rings. The van der Waals surface area contributed by atoms with Gasteiger partial charge >= 0.3 is 0 Å². The smallest absolute Gasteiger partial charge is 0.161 e. The molecule has 0 radical (unpaired) electrons. The number of nitrogens with zero attached hydrogens (tertiary/aromatic N) is 1. The molecule has 2 aliphatic rings.